The van der Waals surface area contributed by atoms with Crippen LogP contribution in [0.3, 0.4) is 0 Å². The Hall–Kier alpha value is -1.10. The first-order valence-electron chi connectivity index (χ1n) is 7.40. The number of nitrogens with one attached hydrogen (secondary N) is 1. The molecule has 2 aliphatic carbocycles. The normalized spacial score (nSPS) is 35.6. The van der Waals surface area contributed by atoms with Gasteiger partial charge in [0.1, 0.15) is 6.04 Å². The zero-order valence-corrected chi connectivity index (χ0v) is 11.4. The third-order valence-corrected chi connectivity index (χ3v) is 4.45. The summed E-state index contributed by atoms with van der Waals surface area (Å²) in [6, 6.07) is 0.0131. The lowest BCUT2D eigenvalue weighted by Gasteiger charge is -2.42. The van der Waals surface area contributed by atoms with E-state index in [9.17, 15) is 9.59 Å². The molecule has 5 heteroatoms. The Morgan fingerprint density at radius 2 is 2.05 bits per heavy atom. The average molecular weight is 266 g/mol. The van der Waals surface area contributed by atoms with Gasteiger partial charge in [0, 0.05) is 25.6 Å². The fourth-order valence-corrected chi connectivity index (χ4v) is 3.09. The number of hydrogen-bond acceptors (Lipinski definition) is 3. The lowest BCUT2D eigenvalue weighted by Crippen LogP contribution is -2.54. The number of amides is 2. The van der Waals surface area contributed by atoms with Crippen molar-refractivity contribution in [3.8, 4) is 0 Å². The summed E-state index contributed by atoms with van der Waals surface area (Å²) in [5.41, 5.74) is 0. The second kappa shape index (κ2) is 5.12. The zero-order chi connectivity index (χ0) is 13.4. The molecule has 106 valence electrons. The van der Waals surface area contributed by atoms with Gasteiger partial charge in [0.15, 0.2) is 0 Å². The fourth-order valence-electron chi connectivity index (χ4n) is 3.09. The topological polar surface area (TPSA) is 58.6 Å². The molecule has 1 saturated heterocycles. The number of carbonyl (C=O) groups excluding carboxylic acids is 2. The van der Waals surface area contributed by atoms with Crippen LogP contribution in [0.2, 0.25) is 0 Å². The van der Waals surface area contributed by atoms with Gasteiger partial charge in [-0.05, 0) is 38.5 Å². The smallest absolute Gasteiger partial charge is 0.245 e. The van der Waals surface area contributed by atoms with Crippen LogP contribution in [-0.2, 0) is 14.3 Å². The standard InChI is InChI=1S/C14H22N2O3/c1-2-19-11-7-10(8-11)16-6-5-12(17)15-13(14(16)18)9-3-4-9/h9-11,13H,2-8H2,1H3,(H,15,17). The summed E-state index contributed by atoms with van der Waals surface area (Å²) in [4.78, 5) is 26.2. The molecule has 0 radical (unpaired) electrons. The molecule has 1 aliphatic heterocycles. The number of ether oxygens (including phenoxy) is 1. The van der Waals surface area contributed by atoms with E-state index in [1.165, 1.54) is 0 Å². The Labute approximate surface area is 113 Å². The molecule has 5 nitrogen and oxygen atoms in total. The first kappa shape index (κ1) is 12.9. The Kier molecular flexibility index (Phi) is 3.48. The molecule has 1 unspecified atom stereocenters. The van der Waals surface area contributed by atoms with E-state index in [0.717, 1.165) is 32.3 Å². The predicted octanol–water partition coefficient (Wildman–Crippen LogP) is 0.681. The molecule has 1 atom stereocenters. The maximum atomic E-state index is 12.5. The quantitative estimate of drug-likeness (QED) is 0.814. The summed E-state index contributed by atoms with van der Waals surface area (Å²) in [6.45, 7) is 3.30. The molecular weight excluding hydrogens is 244 g/mol. The summed E-state index contributed by atoms with van der Waals surface area (Å²) >= 11 is 0. The zero-order valence-electron chi connectivity index (χ0n) is 11.4. The molecule has 0 aromatic carbocycles. The summed E-state index contributed by atoms with van der Waals surface area (Å²) < 4.78 is 5.55. The maximum absolute atomic E-state index is 12.5. The van der Waals surface area contributed by atoms with Crippen molar-refractivity contribution in [1.82, 2.24) is 10.2 Å². The minimum Gasteiger partial charge on any atom is -0.378 e. The summed E-state index contributed by atoms with van der Waals surface area (Å²) in [5.74, 6) is 0.529. The van der Waals surface area contributed by atoms with Gasteiger partial charge in [-0.1, -0.05) is 0 Å². The van der Waals surface area contributed by atoms with Crippen LogP contribution in [0.25, 0.3) is 0 Å². The van der Waals surface area contributed by atoms with E-state index in [2.05, 4.69) is 5.32 Å². The lowest BCUT2D eigenvalue weighted by molar-refractivity contribution is -0.141. The minimum absolute atomic E-state index is 0.0217. The summed E-state index contributed by atoms with van der Waals surface area (Å²) in [7, 11) is 0. The van der Waals surface area contributed by atoms with E-state index in [0.29, 0.717) is 25.0 Å². The minimum atomic E-state index is -0.263. The molecule has 1 N–H and O–H groups in total. The highest BCUT2D eigenvalue weighted by atomic mass is 16.5. The van der Waals surface area contributed by atoms with Crippen molar-refractivity contribution in [2.24, 2.45) is 5.92 Å². The van der Waals surface area contributed by atoms with Crippen molar-refractivity contribution in [2.75, 3.05) is 13.2 Å². The second-order valence-electron chi connectivity index (χ2n) is 5.87. The number of nitrogens with zero attached hydrogens (tertiary/aromatic N) is 1. The Morgan fingerprint density at radius 1 is 1.32 bits per heavy atom. The number of hydrogen-bond donors (Lipinski definition) is 1. The van der Waals surface area contributed by atoms with E-state index in [-0.39, 0.29) is 23.9 Å². The van der Waals surface area contributed by atoms with Gasteiger partial charge in [-0.3, -0.25) is 9.59 Å². The summed E-state index contributed by atoms with van der Waals surface area (Å²) in [5, 5.41) is 2.90. The molecule has 2 saturated carbocycles. The van der Waals surface area contributed by atoms with Crippen molar-refractivity contribution < 1.29 is 14.3 Å². The Morgan fingerprint density at radius 3 is 2.68 bits per heavy atom. The fraction of sp³-hybridized carbons (Fsp3) is 0.857. The molecule has 0 aromatic heterocycles. The van der Waals surface area contributed by atoms with Gasteiger partial charge in [-0.2, -0.15) is 0 Å². The van der Waals surface area contributed by atoms with E-state index >= 15 is 0 Å². The van der Waals surface area contributed by atoms with Crippen LogP contribution in [0.1, 0.15) is 39.0 Å². The highest BCUT2D eigenvalue weighted by Crippen LogP contribution is 2.36. The number of carbonyl (C=O) groups is 2. The van der Waals surface area contributed by atoms with Crippen molar-refractivity contribution in [3.63, 3.8) is 0 Å². The molecule has 3 fully saturated rings. The Bertz CT molecular complexity index is 375. The highest BCUT2D eigenvalue weighted by Gasteiger charge is 2.45. The summed E-state index contributed by atoms with van der Waals surface area (Å²) in [6.07, 6.45) is 4.71. The SMILES string of the molecule is CCOC1CC(N2CCC(=O)NC(C3CC3)C2=O)C1. The number of rotatable bonds is 4. The molecule has 0 bridgehead atoms. The van der Waals surface area contributed by atoms with Crippen LogP contribution in [-0.4, -0.2) is 48.1 Å². The average Bonchev–Trinajstić information content (AvgIpc) is 3.15. The van der Waals surface area contributed by atoms with Gasteiger partial charge in [-0.25, -0.2) is 0 Å². The van der Waals surface area contributed by atoms with Gasteiger partial charge >= 0.3 is 0 Å². The molecule has 0 spiro atoms. The van der Waals surface area contributed by atoms with Gasteiger partial charge in [-0.15, -0.1) is 0 Å². The van der Waals surface area contributed by atoms with Crippen LogP contribution in [0.5, 0.6) is 0 Å². The van der Waals surface area contributed by atoms with Crippen LogP contribution in [0.4, 0.5) is 0 Å². The molecule has 19 heavy (non-hydrogen) atoms. The van der Waals surface area contributed by atoms with Crippen molar-refractivity contribution in [1.29, 1.82) is 0 Å². The highest BCUT2D eigenvalue weighted by molar-refractivity contribution is 5.90. The van der Waals surface area contributed by atoms with Crippen LogP contribution in [0.15, 0.2) is 0 Å². The molecule has 2 amide bonds. The molecule has 3 rings (SSSR count). The molecule has 3 aliphatic rings. The third kappa shape index (κ3) is 2.61. The predicted molar refractivity (Wildman–Crippen MR) is 69.4 cm³/mol. The lowest BCUT2D eigenvalue weighted by atomic mass is 9.87. The van der Waals surface area contributed by atoms with E-state index in [1.807, 2.05) is 11.8 Å². The first-order chi connectivity index (χ1) is 9.19. The first-order valence-corrected chi connectivity index (χ1v) is 7.40. The van der Waals surface area contributed by atoms with Crippen molar-refractivity contribution >= 4 is 11.8 Å². The van der Waals surface area contributed by atoms with Gasteiger partial charge in [0.25, 0.3) is 0 Å². The molecular formula is C14H22N2O3. The van der Waals surface area contributed by atoms with E-state index in [4.69, 9.17) is 4.74 Å². The van der Waals surface area contributed by atoms with Crippen LogP contribution in [0, 0.1) is 5.92 Å². The third-order valence-electron chi connectivity index (χ3n) is 4.45. The Balaban J connectivity index is 1.63. The molecule has 1 heterocycles. The van der Waals surface area contributed by atoms with Crippen molar-refractivity contribution in [2.45, 2.75) is 57.2 Å². The van der Waals surface area contributed by atoms with Crippen LogP contribution >= 0.6 is 0 Å². The van der Waals surface area contributed by atoms with Gasteiger partial charge in [0.05, 0.1) is 6.10 Å². The van der Waals surface area contributed by atoms with Crippen LogP contribution < -0.4 is 5.32 Å². The van der Waals surface area contributed by atoms with Crippen molar-refractivity contribution in [3.05, 3.63) is 0 Å². The van der Waals surface area contributed by atoms with E-state index in [1.54, 1.807) is 0 Å². The van der Waals surface area contributed by atoms with Gasteiger partial charge in [0.2, 0.25) is 11.8 Å². The maximum Gasteiger partial charge on any atom is 0.245 e. The largest absolute Gasteiger partial charge is 0.378 e. The van der Waals surface area contributed by atoms with E-state index < -0.39 is 0 Å². The molecule has 0 aromatic rings. The van der Waals surface area contributed by atoms with Gasteiger partial charge < -0.3 is 15.0 Å². The second-order valence-corrected chi connectivity index (χ2v) is 5.87. The monoisotopic (exact) mass is 266 g/mol.